The van der Waals surface area contributed by atoms with Crippen LogP contribution in [0.3, 0.4) is 0 Å². The molecule has 31 heavy (non-hydrogen) atoms. The molecule has 164 valence electrons. The van der Waals surface area contributed by atoms with Crippen molar-refractivity contribution in [3.63, 3.8) is 0 Å². The van der Waals surface area contributed by atoms with Crippen molar-refractivity contribution in [1.29, 1.82) is 0 Å². The number of ether oxygens (including phenoxy) is 3. The van der Waals surface area contributed by atoms with E-state index >= 15 is 0 Å². The van der Waals surface area contributed by atoms with Crippen LogP contribution in [-0.4, -0.2) is 33.0 Å². The molecule has 0 N–H and O–H groups in total. The standard InChI is InChI=1S/C27H33AsO3/c1-19(2)29-25-13-7-22(8-14-25)28(23-9-15-26(16-10-23)30-20(3)4)24-11-17-27(18-12-24)31-21(5)6/h7-21H,1-6H3. The molecule has 3 rings (SSSR count). The SMILES string of the molecule is CC(C)Oc1ccc([As](c2ccc(OC(C)C)cc2)c2ccc(OC(C)C)cc2)cc1. The third kappa shape index (κ3) is 6.80. The van der Waals surface area contributed by atoms with E-state index in [9.17, 15) is 0 Å². The van der Waals surface area contributed by atoms with Gasteiger partial charge in [-0.25, -0.2) is 0 Å². The van der Waals surface area contributed by atoms with Crippen LogP contribution < -0.4 is 27.3 Å². The molecule has 0 amide bonds. The quantitative estimate of drug-likeness (QED) is 0.420. The van der Waals surface area contributed by atoms with E-state index in [2.05, 4.69) is 72.8 Å². The molecule has 0 atom stereocenters. The molecule has 0 aliphatic carbocycles. The summed E-state index contributed by atoms with van der Waals surface area (Å²) in [6.07, 6.45) is 0.504. The summed E-state index contributed by atoms with van der Waals surface area (Å²) >= 11 is -1.73. The Labute approximate surface area is 191 Å². The van der Waals surface area contributed by atoms with Crippen LogP contribution in [0.2, 0.25) is 0 Å². The Morgan fingerprint density at radius 2 is 0.645 bits per heavy atom. The minimum atomic E-state index is -1.73. The van der Waals surface area contributed by atoms with Crippen molar-refractivity contribution in [3.05, 3.63) is 72.8 Å². The Morgan fingerprint density at radius 3 is 0.839 bits per heavy atom. The topological polar surface area (TPSA) is 27.7 Å². The van der Waals surface area contributed by atoms with E-state index < -0.39 is 14.7 Å². The van der Waals surface area contributed by atoms with Gasteiger partial charge in [-0.05, 0) is 0 Å². The van der Waals surface area contributed by atoms with Crippen LogP contribution >= 0.6 is 0 Å². The second-order valence-corrected chi connectivity index (χ2v) is 13.0. The molecule has 0 heterocycles. The fourth-order valence-corrected chi connectivity index (χ4v) is 7.98. The summed E-state index contributed by atoms with van der Waals surface area (Å²) in [6, 6.07) is 25.8. The molecule has 0 unspecified atom stereocenters. The maximum absolute atomic E-state index is 5.85. The van der Waals surface area contributed by atoms with E-state index in [1.807, 2.05) is 41.5 Å². The van der Waals surface area contributed by atoms with Gasteiger partial charge in [0.2, 0.25) is 0 Å². The van der Waals surface area contributed by atoms with Crippen LogP contribution in [0.4, 0.5) is 0 Å². The van der Waals surface area contributed by atoms with Gasteiger partial charge in [0.15, 0.2) is 0 Å². The van der Waals surface area contributed by atoms with Gasteiger partial charge in [0, 0.05) is 0 Å². The second-order valence-electron chi connectivity index (χ2n) is 8.32. The summed E-state index contributed by atoms with van der Waals surface area (Å²) in [5.74, 6) is 2.73. The molecule has 0 saturated carbocycles. The van der Waals surface area contributed by atoms with Gasteiger partial charge >= 0.3 is 192 Å². The summed E-state index contributed by atoms with van der Waals surface area (Å²) in [7, 11) is 0. The van der Waals surface area contributed by atoms with Crippen molar-refractivity contribution in [3.8, 4) is 17.2 Å². The van der Waals surface area contributed by atoms with Gasteiger partial charge in [-0.15, -0.1) is 0 Å². The maximum atomic E-state index is 5.85. The molecule has 3 nitrogen and oxygen atoms in total. The number of rotatable bonds is 9. The summed E-state index contributed by atoms with van der Waals surface area (Å²) in [4.78, 5) is 0. The molecule has 3 aromatic carbocycles. The van der Waals surface area contributed by atoms with Gasteiger partial charge in [0.25, 0.3) is 0 Å². The Balaban J connectivity index is 1.95. The number of hydrogen-bond acceptors (Lipinski definition) is 3. The van der Waals surface area contributed by atoms with E-state index in [0.717, 1.165) is 17.2 Å². The van der Waals surface area contributed by atoms with Crippen LogP contribution in [0.15, 0.2) is 72.8 Å². The Kier molecular flexibility index (Phi) is 8.09. The Morgan fingerprint density at radius 1 is 0.419 bits per heavy atom. The first kappa shape index (κ1) is 23.3. The molecule has 3 aromatic rings. The van der Waals surface area contributed by atoms with Crippen LogP contribution in [0.1, 0.15) is 41.5 Å². The van der Waals surface area contributed by atoms with Gasteiger partial charge < -0.3 is 0 Å². The third-order valence-electron chi connectivity index (χ3n) is 4.40. The molecule has 0 fully saturated rings. The first-order valence-electron chi connectivity index (χ1n) is 10.9. The van der Waals surface area contributed by atoms with E-state index in [4.69, 9.17) is 14.2 Å². The van der Waals surface area contributed by atoms with E-state index in [1.165, 1.54) is 13.1 Å². The molecule has 0 bridgehead atoms. The average molecular weight is 480 g/mol. The van der Waals surface area contributed by atoms with Crippen LogP contribution in [0.5, 0.6) is 17.2 Å². The zero-order chi connectivity index (χ0) is 22.4. The van der Waals surface area contributed by atoms with Crippen molar-refractivity contribution in [1.82, 2.24) is 0 Å². The Hall–Kier alpha value is -2.38. The molecule has 0 radical (unpaired) electrons. The predicted octanol–water partition coefficient (Wildman–Crippen LogP) is 4.56. The zero-order valence-corrected chi connectivity index (χ0v) is 21.2. The fraction of sp³-hybridized carbons (Fsp3) is 0.333. The summed E-state index contributed by atoms with van der Waals surface area (Å²) < 4.78 is 21.6. The Bertz CT molecular complexity index is 803. The van der Waals surface area contributed by atoms with Gasteiger partial charge in [-0.1, -0.05) is 0 Å². The summed E-state index contributed by atoms with van der Waals surface area (Å²) in [5.41, 5.74) is 0. The first-order chi connectivity index (χ1) is 14.8. The summed E-state index contributed by atoms with van der Waals surface area (Å²) in [6.45, 7) is 12.3. The van der Waals surface area contributed by atoms with E-state index in [-0.39, 0.29) is 18.3 Å². The van der Waals surface area contributed by atoms with Crippen molar-refractivity contribution >= 4 is 27.7 Å². The number of benzene rings is 3. The van der Waals surface area contributed by atoms with Gasteiger partial charge in [-0.2, -0.15) is 0 Å². The minimum absolute atomic E-state index is 0.168. The van der Waals surface area contributed by atoms with Gasteiger partial charge in [0.05, 0.1) is 0 Å². The normalized spacial score (nSPS) is 11.4. The molecule has 0 spiro atoms. The van der Waals surface area contributed by atoms with Crippen molar-refractivity contribution < 1.29 is 14.2 Å². The van der Waals surface area contributed by atoms with Crippen molar-refractivity contribution in [2.45, 2.75) is 59.9 Å². The molecule has 0 aliphatic heterocycles. The second kappa shape index (κ2) is 10.8. The van der Waals surface area contributed by atoms with Crippen LogP contribution in [-0.2, 0) is 0 Å². The van der Waals surface area contributed by atoms with Gasteiger partial charge in [-0.3, -0.25) is 0 Å². The molecule has 0 aliphatic rings. The van der Waals surface area contributed by atoms with Crippen molar-refractivity contribution in [2.75, 3.05) is 0 Å². The zero-order valence-electron chi connectivity index (χ0n) is 19.3. The molecular formula is C27H33AsO3. The number of hydrogen-bond donors (Lipinski definition) is 0. The predicted molar refractivity (Wildman–Crippen MR) is 131 cm³/mol. The molecule has 0 saturated heterocycles. The monoisotopic (exact) mass is 480 g/mol. The summed E-state index contributed by atoms with van der Waals surface area (Å²) in [5, 5.41) is 0. The fourth-order valence-electron chi connectivity index (χ4n) is 3.29. The van der Waals surface area contributed by atoms with E-state index in [1.54, 1.807) is 0 Å². The van der Waals surface area contributed by atoms with E-state index in [0.29, 0.717) is 0 Å². The van der Waals surface area contributed by atoms with Crippen LogP contribution in [0.25, 0.3) is 0 Å². The van der Waals surface area contributed by atoms with Gasteiger partial charge in [0.1, 0.15) is 0 Å². The first-order valence-corrected chi connectivity index (χ1v) is 13.7. The molecule has 0 aromatic heterocycles. The molecular weight excluding hydrogens is 447 g/mol. The van der Waals surface area contributed by atoms with Crippen molar-refractivity contribution in [2.24, 2.45) is 0 Å². The van der Waals surface area contributed by atoms with Crippen LogP contribution in [0, 0.1) is 0 Å². The average Bonchev–Trinajstić information content (AvgIpc) is 2.71. The third-order valence-corrected chi connectivity index (χ3v) is 9.53. The molecule has 4 heteroatoms.